The van der Waals surface area contributed by atoms with Gasteiger partial charge in [-0.05, 0) is 32.6 Å². The van der Waals surface area contributed by atoms with Crippen LogP contribution in [0.1, 0.15) is 58.9 Å². The second-order valence-electron chi connectivity index (χ2n) is 8.70. The standard InChI is InChI=1S/C22H26N2O5/c1-12(2)29-21(26)18-13(3)23-15-10-22(4,5)11-17(25)20(15)19(18)14-8-6-7-9-16(14)24(27)28/h6-9,12,19,23H,10-11H2,1-5H3/t19-/m1/s1. The highest BCUT2D eigenvalue weighted by Gasteiger charge is 2.45. The fraction of sp³-hybridized carbons (Fsp3) is 0.455. The van der Waals surface area contributed by atoms with E-state index in [9.17, 15) is 19.7 Å². The van der Waals surface area contributed by atoms with E-state index in [1.807, 2.05) is 13.8 Å². The van der Waals surface area contributed by atoms with Crippen LogP contribution in [0.5, 0.6) is 0 Å². The second-order valence-corrected chi connectivity index (χ2v) is 8.70. The molecule has 3 rings (SSSR count). The molecular formula is C22H26N2O5. The quantitative estimate of drug-likeness (QED) is 0.465. The van der Waals surface area contributed by atoms with Crippen LogP contribution in [0, 0.1) is 15.5 Å². The van der Waals surface area contributed by atoms with Gasteiger partial charge in [-0.1, -0.05) is 32.0 Å². The third-order valence-electron chi connectivity index (χ3n) is 5.25. The number of benzene rings is 1. The van der Waals surface area contributed by atoms with Gasteiger partial charge in [-0.2, -0.15) is 0 Å². The molecule has 1 heterocycles. The maximum Gasteiger partial charge on any atom is 0.337 e. The number of hydrogen-bond donors (Lipinski definition) is 1. The van der Waals surface area contributed by atoms with Gasteiger partial charge in [-0.15, -0.1) is 0 Å². The summed E-state index contributed by atoms with van der Waals surface area (Å²) in [7, 11) is 0. The molecule has 1 aliphatic heterocycles. The van der Waals surface area contributed by atoms with Gasteiger partial charge in [0.05, 0.1) is 22.5 Å². The monoisotopic (exact) mass is 398 g/mol. The molecule has 1 aromatic rings. The van der Waals surface area contributed by atoms with Crippen molar-refractivity contribution >= 4 is 17.4 Å². The molecule has 154 valence electrons. The van der Waals surface area contributed by atoms with Gasteiger partial charge >= 0.3 is 5.97 Å². The summed E-state index contributed by atoms with van der Waals surface area (Å²) in [6.07, 6.45) is 0.580. The van der Waals surface area contributed by atoms with Gasteiger partial charge < -0.3 is 10.1 Å². The largest absolute Gasteiger partial charge is 0.460 e. The number of ketones is 1. The maximum atomic E-state index is 13.2. The number of allylic oxidation sites excluding steroid dienone is 3. The number of nitrogens with zero attached hydrogens (tertiary/aromatic N) is 1. The highest BCUT2D eigenvalue weighted by molar-refractivity contribution is 6.04. The van der Waals surface area contributed by atoms with E-state index >= 15 is 0 Å². The van der Waals surface area contributed by atoms with Crippen molar-refractivity contribution in [3.8, 4) is 0 Å². The van der Waals surface area contributed by atoms with Crippen LogP contribution < -0.4 is 5.32 Å². The minimum absolute atomic E-state index is 0.103. The summed E-state index contributed by atoms with van der Waals surface area (Å²) in [5, 5.41) is 14.9. The van der Waals surface area contributed by atoms with E-state index in [4.69, 9.17) is 4.74 Å². The molecule has 0 fully saturated rings. The first-order chi connectivity index (χ1) is 13.5. The number of para-hydroxylation sites is 1. The molecule has 1 aromatic carbocycles. The Hall–Kier alpha value is -2.96. The van der Waals surface area contributed by atoms with Crippen LogP contribution in [0.2, 0.25) is 0 Å². The zero-order chi connectivity index (χ0) is 21.5. The van der Waals surface area contributed by atoms with Crippen molar-refractivity contribution in [2.24, 2.45) is 5.41 Å². The van der Waals surface area contributed by atoms with Crippen LogP contribution in [0.3, 0.4) is 0 Å². The van der Waals surface area contributed by atoms with E-state index in [0.717, 1.165) is 5.70 Å². The zero-order valence-corrected chi connectivity index (χ0v) is 17.4. The summed E-state index contributed by atoms with van der Waals surface area (Å²) < 4.78 is 5.43. The number of rotatable bonds is 4. The molecule has 0 unspecified atom stereocenters. The first-order valence-electron chi connectivity index (χ1n) is 9.70. The number of Topliss-reactive ketones (excluding diaryl/α,β-unsaturated/α-hetero) is 1. The SMILES string of the molecule is CC1=C(C(=O)OC(C)C)[C@@H](c2ccccc2[N+](=O)[O-])C2=C(CC(C)(C)CC2=O)N1. The van der Waals surface area contributed by atoms with Gasteiger partial charge in [0.25, 0.3) is 5.69 Å². The van der Waals surface area contributed by atoms with Crippen molar-refractivity contribution in [1.82, 2.24) is 5.32 Å². The number of dihydropyridines is 1. The average Bonchev–Trinajstić information content (AvgIpc) is 2.58. The van der Waals surface area contributed by atoms with Gasteiger partial charge in [-0.3, -0.25) is 14.9 Å². The minimum atomic E-state index is -0.831. The van der Waals surface area contributed by atoms with Crippen molar-refractivity contribution < 1.29 is 19.2 Å². The predicted molar refractivity (Wildman–Crippen MR) is 108 cm³/mol. The minimum Gasteiger partial charge on any atom is -0.460 e. The molecule has 0 aromatic heterocycles. The Morgan fingerprint density at radius 2 is 1.93 bits per heavy atom. The van der Waals surface area contributed by atoms with E-state index in [2.05, 4.69) is 5.32 Å². The lowest BCUT2D eigenvalue weighted by Crippen LogP contribution is -2.39. The normalized spacial score (nSPS) is 21.0. The van der Waals surface area contributed by atoms with Gasteiger partial charge in [-0.25, -0.2) is 4.79 Å². The Bertz CT molecular complexity index is 956. The topological polar surface area (TPSA) is 98.5 Å². The highest BCUT2D eigenvalue weighted by atomic mass is 16.6. The van der Waals surface area contributed by atoms with Gasteiger partial charge in [0, 0.05) is 35.0 Å². The van der Waals surface area contributed by atoms with Crippen molar-refractivity contribution in [2.75, 3.05) is 0 Å². The van der Waals surface area contributed by atoms with Crippen LogP contribution in [0.25, 0.3) is 0 Å². The molecule has 2 aliphatic rings. The highest BCUT2D eigenvalue weighted by Crippen LogP contribution is 2.48. The number of esters is 1. The van der Waals surface area contributed by atoms with Crippen LogP contribution in [0.15, 0.2) is 46.8 Å². The summed E-state index contributed by atoms with van der Waals surface area (Å²) in [6, 6.07) is 6.27. The Kier molecular flexibility index (Phi) is 5.34. The van der Waals surface area contributed by atoms with E-state index in [0.29, 0.717) is 29.7 Å². The van der Waals surface area contributed by atoms with Gasteiger partial charge in [0.1, 0.15) is 0 Å². The van der Waals surface area contributed by atoms with E-state index in [1.165, 1.54) is 6.07 Å². The van der Waals surface area contributed by atoms with Gasteiger partial charge in [0.15, 0.2) is 5.78 Å². The molecule has 0 bridgehead atoms. The molecule has 0 saturated carbocycles. The van der Waals surface area contributed by atoms with Crippen molar-refractivity contribution in [3.05, 3.63) is 62.5 Å². The molecule has 0 radical (unpaired) electrons. The summed E-state index contributed by atoms with van der Waals surface area (Å²) in [5.41, 5.74) is 1.95. The third kappa shape index (κ3) is 3.95. The lowest BCUT2D eigenvalue weighted by Gasteiger charge is -2.39. The average molecular weight is 398 g/mol. The molecular weight excluding hydrogens is 372 g/mol. The van der Waals surface area contributed by atoms with Crippen molar-refractivity contribution in [3.63, 3.8) is 0 Å². The third-order valence-corrected chi connectivity index (χ3v) is 5.25. The molecule has 0 amide bonds. The predicted octanol–water partition coefficient (Wildman–Crippen LogP) is 4.15. The number of nitrogens with one attached hydrogen (secondary N) is 1. The Balaban J connectivity index is 2.25. The van der Waals surface area contributed by atoms with Crippen LogP contribution >= 0.6 is 0 Å². The molecule has 29 heavy (non-hydrogen) atoms. The summed E-state index contributed by atoms with van der Waals surface area (Å²) >= 11 is 0. The Labute approximate surface area is 170 Å². The lowest BCUT2D eigenvalue weighted by molar-refractivity contribution is -0.385. The van der Waals surface area contributed by atoms with Crippen LogP contribution in [-0.4, -0.2) is 22.8 Å². The summed E-state index contributed by atoms with van der Waals surface area (Å²) in [4.78, 5) is 37.4. The fourth-order valence-corrected chi connectivity index (χ4v) is 4.19. The molecule has 1 N–H and O–H groups in total. The number of carbonyl (C=O) groups excluding carboxylic acids is 2. The van der Waals surface area contributed by atoms with E-state index in [1.54, 1.807) is 39.0 Å². The van der Waals surface area contributed by atoms with E-state index < -0.39 is 16.8 Å². The first kappa shape index (κ1) is 20.8. The first-order valence-corrected chi connectivity index (χ1v) is 9.70. The fourth-order valence-electron chi connectivity index (χ4n) is 4.19. The second kappa shape index (κ2) is 7.46. The Morgan fingerprint density at radius 1 is 1.28 bits per heavy atom. The van der Waals surface area contributed by atoms with Gasteiger partial charge in [0.2, 0.25) is 0 Å². The van der Waals surface area contributed by atoms with Crippen molar-refractivity contribution in [1.29, 1.82) is 0 Å². The van der Waals surface area contributed by atoms with Crippen molar-refractivity contribution in [2.45, 2.75) is 59.5 Å². The molecule has 0 spiro atoms. The Morgan fingerprint density at radius 3 is 2.55 bits per heavy atom. The number of nitro benzene ring substituents is 1. The number of hydrogen-bond acceptors (Lipinski definition) is 6. The molecule has 1 atom stereocenters. The smallest absolute Gasteiger partial charge is 0.337 e. The number of ether oxygens (including phenoxy) is 1. The van der Waals surface area contributed by atoms with E-state index in [-0.39, 0.29) is 28.6 Å². The molecule has 0 saturated heterocycles. The summed E-state index contributed by atoms with van der Waals surface area (Å²) in [5.74, 6) is -1.51. The number of nitro groups is 1. The van der Waals surface area contributed by atoms with Crippen LogP contribution in [0.4, 0.5) is 5.69 Å². The lowest BCUT2D eigenvalue weighted by atomic mass is 9.68. The summed E-state index contributed by atoms with van der Waals surface area (Å²) in [6.45, 7) is 9.25. The zero-order valence-electron chi connectivity index (χ0n) is 17.4. The molecule has 7 heteroatoms. The maximum absolute atomic E-state index is 13.2. The number of carbonyl (C=O) groups is 2. The molecule has 7 nitrogen and oxygen atoms in total. The molecule has 1 aliphatic carbocycles. The van der Waals surface area contributed by atoms with Crippen LogP contribution in [-0.2, 0) is 14.3 Å².